The maximum absolute atomic E-state index is 3.56. The fourth-order valence-electron chi connectivity index (χ4n) is 3.27. The van der Waals surface area contributed by atoms with Crippen LogP contribution in [0.15, 0.2) is 0 Å². The van der Waals surface area contributed by atoms with Crippen LogP contribution in [0, 0.1) is 5.92 Å². The van der Waals surface area contributed by atoms with Crippen LogP contribution in [0.4, 0.5) is 0 Å². The molecule has 2 heteroatoms. The van der Waals surface area contributed by atoms with Gasteiger partial charge in [-0.3, -0.25) is 4.90 Å². The minimum absolute atomic E-state index is 0.728. The minimum atomic E-state index is 0.728. The van der Waals surface area contributed by atoms with Gasteiger partial charge in [0.25, 0.3) is 0 Å². The van der Waals surface area contributed by atoms with E-state index in [4.69, 9.17) is 0 Å². The Balaban J connectivity index is 1.90. The van der Waals surface area contributed by atoms with Gasteiger partial charge >= 0.3 is 0 Å². The van der Waals surface area contributed by atoms with Crippen LogP contribution in [0.1, 0.15) is 46.5 Å². The molecule has 15 heavy (non-hydrogen) atoms. The number of nitrogens with zero attached hydrogens (tertiary/aromatic N) is 1. The summed E-state index contributed by atoms with van der Waals surface area (Å²) in [5, 5.41) is 3.56. The van der Waals surface area contributed by atoms with Crippen LogP contribution in [-0.4, -0.2) is 36.1 Å². The molecule has 0 aromatic carbocycles. The van der Waals surface area contributed by atoms with E-state index in [1.807, 2.05) is 0 Å². The molecule has 0 spiro atoms. The summed E-state index contributed by atoms with van der Waals surface area (Å²) in [5.41, 5.74) is 0. The van der Waals surface area contributed by atoms with Gasteiger partial charge in [0.15, 0.2) is 0 Å². The second-order valence-corrected chi connectivity index (χ2v) is 5.62. The van der Waals surface area contributed by atoms with Crippen LogP contribution >= 0.6 is 0 Å². The molecule has 0 aliphatic carbocycles. The Labute approximate surface area is 94.4 Å². The molecule has 1 N–H and O–H groups in total. The molecule has 4 atom stereocenters. The third-order valence-electron chi connectivity index (χ3n) is 4.51. The molecule has 88 valence electrons. The van der Waals surface area contributed by atoms with Crippen LogP contribution in [0.2, 0.25) is 0 Å². The zero-order chi connectivity index (χ0) is 10.8. The molecule has 0 saturated carbocycles. The monoisotopic (exact) mass is 210 g/mol. The summed E-state index contributed by atoms with van der Waals surface area (Å²) in [4.78, 5) is 2.75. The van der Waals surface area contributed by atoms with Gasteiger partial charge in [-0.25, -0.2) is 0 Å². The van der Waals surface area contributed by atoms with Crippen LogP contribution in [0.5, 0.6) is 0 Å². The van der Waals surface area contributed by atoms with Gasteiger partial charge in [0.2, 0.25) is 0 Å². The van der Waals surface area contributed by atoms with Gasteiger partial charge in [-0.15, -0.1) is 0 Å². The van der Waals surface area contributed by atoms with E-state index in [2.05, 4.69) is 31.0 Å². The highest BCUT2D eigenvalue weighted by atomic mass is 15.2. The summed E-state index contributed by atoms with van der Waals surface area (Å²) in [7, 11) is 0. The summed E-state index contributed by atoms with van der Waals surface area (Å²) in [6, 6.07) is 2.34. The van der Waals surface area contributed by atoms with E-state index >= 15 is 0 Å². The smallest absolute Gasteiger partial charge is 0.00796 e. The van der Waals surface area contributed by atoms with E-state index in [9.17, 15) is 0 Å². The summed E-state index contributed by atoms with van der Waals surface area (Å²) in [6.45, 7) is 9.70. The molecule has 2 nitrogen and oxygen atoms in total. The molecule has 2 fully saturated rings. The quantitative estimate of drug-likeness (QED) is 0.752. The molecule has 0 bridgehead atoms. The summed E-state index contributed by atoms with van der Waals surface area (Å²) >= 11 is 0. The van der Waals surface area contributed by atoms with E-state index < -0.39 is 0 Å². The Morgan fingerprint density at radius 3 is 2.27 bits per heavy atom. The van der Waals surface area contributed by atoms with Crippen molar-refractivity contribution in [3.63, 3.8) is 0 Å². The van der Waals surface area contributed by atoms with Gasteiger partial charge in [-0.2, -0.15) is 0 Å². The third-order valence-corrected chi connectivity index (χ3v) is 4.51. The molecule has 2 heterocycles. The van der Waals surface area contributed by atoms with Crippen LogP contribution in [0.25, 0.3) is 0 Å². The molecule has 2 rings (SSSR count). The van der Waals surface area contributed by atoms with Crippen LogP contribution < -0.4 is 5.32 Å². The van der Waals surface area contributed by atoms with E-state index in [0.29, 0.717) is 0 Å². The highest BCUT2D eigenvalue weighted by molar-refractivity contribution is 4.87. The highest BCUT2D eigenvalue weighted by Gasteiger charge is 2.30. The van der Waals surface area contributed by atoms with Gasteiger partial charge in [-0.1, -0.05) is 6.42 Å². The van der Waals surface area contributed by atoms with E-state index in [-0.39, 0.29) is 0 Å². The molecule has 0 aromatic rings. The molecular weight excluding hydrogens is 184 g/mol. The predicted molar refractivity (Wildman–Crippen MR) is 65.1 cm³/mol. The van der Waals surface area contributed by atoms with Crippen LogP contribution in [-0.2, 0) is 0 Å². The van der Waals surface area contributed by atoms with Gasteiger partial charge in [0, 0.05) is 24.7 Å². The highest BCUT2D eigenvalue weighted by Crippen LogP contribution is 2.26. The standard InChI is InChI=1S/C13H26N2/c1-10-5-4-6-11(2)15(10)9-13-7-8-14-12(13)3/h10-14H,4-9H2,1-3H3. The van der Waals surface area contributed by atoms with E-state index in [1.165, 1.54) is 38.8 Å². The maximum atomic E-state index is 3.56. The molecule has 2 aliphatic rings. The van der Waals surface area contributed by atoms with Crippen molar-refractivity contribution < 1.29 is 0 Å². The first-order chi connectivity index (χ1) is 7.18. The van der Waals surface area contributed by atoms with Gasteiger partial charge < -0.3 is 5.32 Å². The van der Waals surface area contributed by atoms with Crippen molar-refractivity contribution in [3.8, 4) is 0 Å². The van der Waals surface area contributed by atoms with Crippen molar-refractivity contribution in [2.45, 2.75) is 64.6 Å². The zero-order valence-electron chi connectivity index (χ0n) is 10.5. The lowest BCUT2D eigenvalue weighted by molar-refractivity contribution is 0.0822. The lowest BCUT2D eigenvalue weighted by atomic mass is 9.93. The Kier molecular flexibility index (Phi) is 3.68. The van der Waals surface area contributed by atoms with Crippen molar-refractivity contribution in [1.82, 2.24) is 10.2 Å². The van der Waals surface area contributed by atoms with Crippen molar-refractivity contribution in [2.24, 2.45) is 5.92 Å². The number of hydrogen-bond acceptors (Lipinski definition) is 2. The molecule has 0 amide bonds. The molecule has 4 unspecified atom stereocenters. The molecule has 0 radical (unpaired) electrons. The van der Waals surface area contributed by atoms with Crippen molar-refractivity contribution in [1.29, 1.82) is 0 Å². The molecule has 2 saturated heterocycles. The summed E-state index contributed by atoms with van der Waals surface area (Å²) in [6.07, 6.45) is 5.60. The predicted octanol–water partition coefficient (Wildman–Crippen LogP) is 2.25. The fourth-order valence-corrected chi connectivity index (χ4v) is 3.27. The zero-order valence-corrected chi connectivity index (χ0v) is 10.5. The average Bonchev–Trinajstić information content (AvgIpc) is 2.58. The molecular formula is C13H26N2. The van der Waals surface area contributed by atoms with Gasteiger partial charge in [0.05, 0.1) is 0 Å². The van der Waals surface area contributed by atoms with Crippen molar-refractivity contribution in [2.75, 3.05) is 13.1 Å². The first-order valence-corrected chi connectivity index (χ1v) is 6.67. The van der Waals surface area contributed by atoms with E-state index in [1.54, 1.807) is 0 Å². The largest absolute Gasteiger partial charge is 0.314 e. The number of likely N-dealkylation sites (tertiary alicyclic amines) is 1. The normalized spacial score (nSPS) is 43.4. The first kappa shape index (κ1) is 11.4. The Bertz CT molecular complexity index is 195. The number of hydrogen-bond donors (Lipinski definition) is 1. The SMILES string of the molecule is CC1NCCC1CN1C(C)CCCC1C. The Hall–Kier alpha value is -0.0800. The number of nitrogens with one attached hydrogen (secondary N) is 1. The maximum Gasteiger partial charge on any atom is 0.00796 e. The molecule has 0 aromatic heterocycles. The first-order valence-electron chi connectivity index (χ1n) is 6.67. The average molecular weight is 210 g/mol. The molecule has 2 aliphatic heterocycles. The summed E-state index contributed by atoms with van der Waals surface area (Å²) < 4.78 is 0. The Morgan fingerprint density at radius 1 is 1.07 bits per heavy atom. The topological polar surface area (TPSA) is 15.3 Å². The van der Waals surface area contributed by atoms with Gasteiger partial charge in [0.1, 0.15) is 0 Å². The summed E-state index contributed by atoms with van der Waals surface area (Å²) in [5.74, 6) is 0.882. The number of piperidine rings is 1. The lowest BCUT2D eigenvalue weighted by Crippen LogP contribution is -2.47. The Morgan fingerprint density at radius 2 is 1.73 bits per heavy atom. The second-order valence-electron chi connectivity index (χ2n) is 5.62. The minimum Gasteiger partial charge on any atom is -0.314 e. The fraction of sp³-hybridized carbons (Fsp3) is 1.00. The number of rotatable bonds is 2. The van der Waals surface area contributed by atoms with Crippen molar-refractivity contribution in [3.05, 3.63) is 0 Å². The van der Waals surface area contributed by atoms with Crippen LogP contribution in [0.3, 0.4) is 0 Å². The third kappa shape index (κ3) is 2.54. The second kappa shape index (κ2) is 4.84. The van der Waals surface area contributed by atoms with E-state index in [0.717, 1.165) is 24.0 Å². The van der Waals surface area contributed by atoms with Crippen molar-refractivity contribution >= 4 is 0 Å². The lowest BCUT2D eigenvalue weighted by Gasteiger charge is -2.41. The van der Waals surface area contributed by atoms with Gasteiger partial charge in [-0.05, 0) is 52.5 Å².